The molecule has 4 aromatic carbocycles. The summed E-state index contributed by atoms with van der Waals surface area (Å²) in [7, 11) is 0. The van der Waals surface area contributed by atoms with Crippen LogP contribution in [0.25, 0.3) is 33.4 Å². The second kappa shape index (κ2) is 25.9. The number of esters is 2. The number of ether oxygens (including phenoxy) is 3. The van der Waals surface area contributed by atoms with Gasteiger partial charge in [-0.2, -0.15) is 0 Å². The van der Waals surface area contributed by atoms with Gasteiger partial charge in [0.05, 0.1) is 39.5 Å². The number of aryl methyl sites for hydroxylation is 4. The van der Waals surface area contributed by atoms with Gasteiger partial charge in [-0.3, -0.25) is 4.79 Å². The van der Waals surface area contributed by atoms with Crippen molar-refractivity contribution >= 4 is 11.9 Å². The Morgan fingerprint density at radius 3 is 1.96 bits per heavy atom. The minimum absolute atomic E-state index is 0.181. The van der Waals surface area contributed by atoms with E-state index in [1.165, 1.54) is 90.3 Å². The molecule has 1 aliphatic carbocycles. The number of aliphatic hydroxyl groups is 2. The zero-order valence-electron chi connectivity index (χ0n) is 43.7. The SMILES string of the molecule is C=C(C)C(=O)OCCCc1cc(-c2ccc(-c3ccc(-c4ccc(C5CCC(CCCCC)CC5)cc4)c(CC)c3)cc2CC)cc2c1OCCC(CO)(CO)CCC(C)(C(=C)C)CC(=O)OCCC2. The van der Waals surface area contributed by atoms with Gasteiger partial charge >= 0.3 is 11.9 Å². The van der Waals surface area contributed by atoms with Crippen molar-refractivity contribution in [2.45, 2.75) is 163 Å². The first kappa shape index (κ1) is 54.4. The predicted molar refractivity (Wildman–Crippen MR) is 287 cm³/mol. The van der Waals surface area contributed by atoms with E-state index in [0.29, 0.717) is 56.4 Å². The molecule has 1 saturated carbocycles. The molecule has 0 aromatic heterocycles. The molecule has 70 heavy (non-hydrogen) atoms. The van der Waals surface area contributed by atoms with Crippen LogP contribution in [-0.2, 0) is 44.7 Å². The topological polar surface area (TPSA) is 102 Å². The van der Waals surface area contributed by atoms with Crippen LogP contribution < -0.4 is 4.74 Å². The number of carbonyl (C=O) groups excluding carboxylic acids is 2. The molecule has 0 amide bonds. The molecule has 4 aromatic rings. The third-order valence-electron chi connectivity index (χ3n) is 16.0. The van der Waals surface area contributed by atoms with Crippen molar-refractivity contribution in [3.63, 3.8) is 0 Å². The highest BCUT2D eigenvalue weighted by molar-refractivity contribution is 5.87. The molecule has 1 heterocycles. The van der Waals surface area contributed by atoms with E-state index in [-0.39, 0.29) is 45.4 Å². The Morgan fingerprint density at radius 1 is 0.729 bits per heavy atom. The first-order valence-electron chi connectivity index (χ1n) is 26.8. The number of unbranched alkanes of at least 4 members (excludes halogenated alkanes) is 2. The monoisotopic (exact) mass is 953 g/mol. The van der Waals surface area contributed by atoms with Crippen LogP contribution in [0.4, 0.5) is 0 Å². The number of rotatable bonds is 18. The lowest BCUT2D eigenvalue weighted by Gasteiger charge is -2.36. The lowest BCUT2D eigenvalue weighted by molar-refractivity contribution is -0.146. The van der Waals surface area contributed by atoms with Crippen LogP contribution in [-0.4, -0.2) is 55.2 Å². The highest BCUT2D eigenvalue weighted by Crippen LogP contribution is 2.43. The maximum absolute atomic E-state index is 13.3. The molecule has 0 bridgehead atoms. The normalized spacial score (nSPS) is 20.0. The van der Waals surface area contributed by atoms with Gasteiger partial charge in [-0.1, -0.05) is 133 Å². The number of hydrogen-bond acceptors (Lipinski definition) is 7. The van der Waals surface area contributed by atoms with E-state index in [9.17, 15) is 19.8 Å². The number of fused-ring (bicyclic) bond motifs is 1. The third kappa shape index (κ3) is 14.1. The van der Waals surface area contributed by atoms with Crippen molar-refractivity contribution in [3.8, 4) is 39.1 Å². The number of carbonyl (C=O) groups is 2. The molecule has 0 spiro atoms. The van der Waals surface area contributed by atoms with Gasteiger partial charge in [0.2, 0.25) is 0 Å². The van der Waals surface area contributed by atoms with Crippen LogP contribution >= 0.6 is 0 Å². The minimum Gasteiger partial charge on any atom is -0.493 e. The summed E-state index contributed by atoms with van der Waals surface area (Å²) < 4.78 is 18.1. The van der Waals surface area contributed by atoms with Crippen LogP contribution in [0, 0.1) is 16.7 Å². The van der Waals surface area contributed by atoms with Crippen molar-refractivity contribution in [2.24, 2.45) is 16.7 Å². The fourth-order valence-corrected chi connectivity index (χ4v) is 10.8. The largest absolute Gasteiger partial charge is 0.493 e. The van der Waals surface area contributed by atoms with Gasteiger partial charge in [-0.05, 0) is 188 Å². The highest BCUT2D eigenvalue weighted by Gasteiger charge is 2.36. The molecule has 7 nitrogen and oxygen atoms in total. The summed E-state index contributed by atoms with van der Waals surface area (Å²) in [5, 5.41) is 21.4. The van der Waals surface area contributed by atoms with Gasteiger partial charge in [0.25, 0.3) is 0 Å². The third-order valence-corrected chi connectivity index (χ3v) is 16.0. The van der Waals surface area contributed by atoms with Crippen molar-refractivity contribution in [1.82, 2.24) is 0 Å². The number of hydrogen-bond donors (Lipinski definition) is 2. The van der Waals surface area contributed by atoms with Crippen molar-refractivity contribution in [2.75, 3.05) is 33.0 Å². The van der Waals surface area contributed by atoms with Gasteiger partial charge < -0.3 is 24.4 Å². The average molecular weight is 953 g/mol. The number of allylic oxidation sites excluding steroid dienone is 1. The summed E-state index contributed by atoms with van der Waals surface area (Å²) in [4.78, 5) is 25.6. The average Bonchev–Trinajstić information content (AvgIpc) is 3.38. The van der Waals surface area contributed by atoms with E-state index in [1.54, 1.807) is 6.92 Å². The molecule has 1 unspecified atom stereocenters. The van der Waals surface area contributed by atoms with Crippen LogP contribution in [0.2, 0.25) is 0 Å². The summed E-state index contributed by atoms with van der Waals surface area (Å²) >= 11 is 0. The molecule has 378 valence electrons. The second-order valence-corrected chi connectivity index (χ2v) is 21.2. The fraction of sp³-hybridized carbons (Fsp3) is 0.524. The smallest absolute Gasteiger partial charge is 0.333 e. The summed E-state index contributed by atoms with van der Waals surface area (Å²) in [6.45, 7) is 20.6. The van der Waals surface area contributed by atoms with Gasteiger partial charge in [0.15, 0.2) is 0 Å². The summed E-state index contributed by atoms with van der Waals surface area (Å²) in [5.74, 6) is 1.66. The maximum Gasteiger partial charge on any atom is 0.333 e. The Kier molecular flexibility index (Phi) is 20.1. The molecule has 2 N–H and O–H groups in total. The predicted octanol–water partition coefficient (Wildman–Crippen LogP) is 14.7. The number of cyclic esters (lactones) is 1. The number of aliphatic hydroxyl groups excluding tert-OH is 2. The first-order chi connectivity index (χ1) is 33.7. The van der Waals surface area contributed by atoms with Crippen molar-refractivity contribution < 1.29 is 34.0 Å². The van der Waals surface area contributed by atoms with Crippen LogP contribution in [0.5, 0.6) is 5.75 Å². The van der Waals surface area contributed by atoms with Crippen molar-refractivity contribution in [1.29, 1.82) is 0 Å². The highest BCUT2D eigenvalue weighted by atomic mass is 16.5. The Morgan fingerprint density at radius 2 is 1.36 bits per heavy atom. The molecule has 0 saturated heterocycles. The Hall–Kier alpha value is -4.98. The van der Waals surface area contributed by atoms with Gasteiger partial charge in [-0.25, -0.2) is 4.79 Å². The van der Waals surface area contributed by atoms with Crippen molar-refractivity contribution in [3.05, 3.63) is 125 Å². The van der Waals surface area contributed by atoms with E-state index in [2.05, 4.69) is 107 Å². The van der Waals surface area contributed by atoms with E-state index in [1.807, 2.05) is 13.8 Å². The lowest BCUT2D eigenvalue weighted by atomic mass is 9.71. The van der Waals surface area contributed by atoms with E-state index in [0.717, 1.165) is 52.3 Å². The maximum atomic E-state index is 13.3. The van der Waals surface area contributed by atoms with E-state index in [4.69, 9.17) is 14.2 Å². The van der Waals surface area contributed by atoms with Gasteiger partial charge in [0.1, 0.15) is 5.75 Å². The summed E-state index contributed by atoms with van der Waals surface area (Å²) in [6, 6.07) is 27.7. The molecular weight excluding hydrogens is 869 g/mol. The molecule has 1 aliphatic heterocycles. The first-order valence-corrected chi connectivity index (χ1v) is 26.8. The number of benzene rings is 4. The van der Waals surface area contributed by atoms with Crippen LogP contribution in [0.1, 0.15) is 165 Å². The molecule has 0 radical (unpaired) electrons. The second-order valence-electron chi connectivity index (χ2n) is 21.2. The van der Waals surface area contributed by atoms with Gasteiger partial charge in [-0.15, -0.1) is 0 Å². The molecule has 1 atom stereocenters. The van der Waals surface area contributed by atoms with Gasteiger partial charge in [0, 0.05) is 11.0 Å². The molecule has 6 rings (SSSR count). The molecular formula is C63H84O7. The fourth-order valence-electron chi connectivity index (χ4n) is 10.8. The lowest BCUT2D eigenvalue weighted by Crippen LogP contribution is -2.34. The minimum atomic E-state index is -0.814. The molecule has 7 heteroatoms. The zero-order chi connectivity index (χ0) is 50.3. The Balaban J connectivity index is 1.28. The summed E-state index contributed by atoms with van der Waals surface area (Å²) in [5.41, 5.74) is 13.1. The summed E-state index contributed by atoms with van der Waals surface area (Å²) in [6.07, 6.45) is 16.6. The van der Waals surface area contributed by atoms with E-state index < -0.39 is 16.8 Å². The quantitative estimate of drug-likeness (QED) is 0.0443. The Bertz CT molecular complexity index is 2380. The zero-order valence-corrected chi connectivity index (χ0v) is 43.7. The van der Waals surface area contributed by atoms with E-state index >= 15 is 0 Å². The standard InChI is InChI=1S/C63H84O7/c1-9-12-13-16-46-19-21-49(22-20-46)50-23-25-51(26-24-50)57-29-27-52(37-47(57)10-2)53-28-30-58(48(11-3)38-53)56-39-54-17-14-34-68-59(66)41-62(8,45(6)7)31-32-63(42-64,43-65)33-36-69-60(54)55(40-56)18-15-35-70-61(67)44(4)5/h23-30,37-40,46,49,64-65H,4,6,9-22,31-36,41-43H2,1-3,5,7-8H3. The van der Waals surface area contributed by atoms with Crippen LogP contribution in [0.15, 0.2) is 97.1 Å². The van der Waals surface area contributed by atoms with Crippen LogP contribution in [0.3, 0.4) is 0 Å². The molecule has 2 aliphatic rings. The Labute approximate surface area is 421 Å². The molecule has 1 fully saturated rings.